The molecular weight excluding hydrogens is 226 g/mol. The van der Waals surface area contributed by atoms with Gasteiger partial charge in [0, 0.05) is 0 Å². The second-order valence-corrected chi connectivity index (χ2v) is 5.01. The molecule has 2 atom stereocenters. The van der Waals surface area contributed by atoms with Gasteiger partial charge in [0.1, 0.15) is 5.75 Å². The van der Waals surface area contributed by atoms with Crippen molar-refractivity contribution in [3.63, 3.8) is 0 Å². The fraction of sp³-hybridized carbons (Fsp3) is 0.600. The van der Waals surface area contributed by atoms with Gasteiger partial charge in [0.15, 0.2) is 0 Å². The molecule has 0 radical (unpaired) electrons. The summed E-state index contributed by atoms with van der Waals surface area (Å²) >= 11 is 0. The first-order valence-electron chi connectivity index (χ1n) is 6.68. The minimum absolute atomic E-state index is 0.0332. The summed E-state index contributed by atoms with van der Waals surface area (Å²) in [5, 5.41) is 9.06. The second-order valence-electron chi connectivity index (χ2n) is 5.01. The van der Waals surface area contributed by atoms with Crippen LogP contribution in [0.4, 0.5) is 0 Å². The van der Waals surface area contributed by atoms with Crippen LogP contribution in [0.2, 0.25) is 0 Å². The maximum atomic E-state index is 9.06. The van der Waals surface area contributed by atoms with Crippen LogP contribution in [-0.2, 0) is 0 Å². The third kappa shape index (κ3) is 4.31. The number of hydrogen-bond acceptors (Lipinski definition) is 3. The van der Waals surface area contributed by atoms with Gasteiger partial charge in [0.2, 0.25) is 0 Å². The Kier molecular flexibility index (Phi) is 6.16. The third-order valence-electron chi connectivity index (χ3n) is 3.15. The summed E-state index contributed by atoms with van der Waals surface area (Å²) in [5.41, 5.74) is 7.86. The Labute approximate surface area is 110 Å². The Morgan fingerprint density at radius 3 is 2.67 bits per heavy atom. The predicted molar refractivity (Wildman–Crippen MR) is 74.8 cm³/mol. The number of aryl methyl sites for hydroxylation is 1. The quantitative estimate of drug-likeness (QED) is 0.783. The fourth-order valence-corrected chi connectivity index (χ4v) is 2.07. The van der Waals surface area contributed by atoms with Crippen molar-refractivity contribution in [3.8, 4) is 5.75 Å². The van der Waals surface area contributed by atoms with Crippen molar-refractivity contribution >= 4 is 0 Å². The average molecular weight is 251 g/mol. The van der Waals surface area contributed by atoms with Crippen molar-refractivity contribution in [1.29, 1.82) is 0 Å². The first kappa shape index (κ1) is 15.0. The van der Waals surface area contributed by atoms with Gasteiger partial charge < -0.3 is 15.6 Å². The molecule has 3 nitrogen and oxygen atoms in total. The Morgan fingerprint density at radius 2 is 2.11 bits per heavy atom. The largest absolute Gasteiger partial charge is 0.493 e. The van der Waals surface area contributed by atoms with Crippen LogP contribution >= 0.6 is 0 Å². The van der Waals surface area contributed by atoms with E-state index in [0.717, 1.165) is 23.5 Å². The standard InChI is InChI=1S/C15H25NO2/c1-4-5-11(2)10-18-13-6-7-14(12(3)8-13)15(16)9-17/h6-8,11,15,17H,4-5,9-10,16H2,1-3H3/t11?,15-/m0/s1. The summed E-state index contributed by atoms with van der Waals surface area (Å²) in [4.78, 5) is 0. The average Bonchev–Trinajstić information content (AvgIpc) is 2.36. The van der Waals surface area contributed by atoms with Crippen LogP contribution in [0, 0.1) is 12.8 Å². The van der Waals surface area contributed by atoms with Gasteiger partial charge >= 0.3 is 0 Å². The van der Waals surface area contributed by atoms with E-state index in [1.807, 2.05) is 25.1 Å². The first-order chi connectivity index (χ1) is 8.58. The monoisotopic (exact) mass is 251 g/mol. The van der Waals surface area contributed by atoms with Gasteiger partial charge in [0.05, 0.1) is 19.3 Å². The van der Waals surface area contributed by atoms with E-state index in [9.17, 15) is 0 Å². The smallest absolute Gasteiger partial charge is 0.119 e. The summed E-state index contributed by atoms with van der Waals surface area (Å²) in [7, 11) is 0. The Morgan fingerprint density at radius 1 is 1.39 bits per heavy atom. The lowest BCUT2D eigenvalue weighted by molar-refractivity contribution is 0.250. The molecule has 0 fully saturated rings. The van der Waals surface area contributed by atoms with Gasteiger partial charge in [-0.15, -0.1) is 0 Å². The number of rotatable bonds is 7. The molecule has 1 rings (SSSR count). The number of nitrogens with two attached hydrogens (primary N) is 1. The van der Waals surface area contributed by atoms with Crippen LogP contribution in [0.3, 0.4) is 0 Å². The van der Waals surface area contributed by atoms with Gasteiger partial charge in [-0.1, -0.05) is 26.3 Å². The minimum Gasteiger partial charge on any atom is -0.493 e. The summed E-state index contributed by atoms with van der Waals surface area (Å²) in [6.07, 6.45) is 2.38. The lowest BCUT2D eigenvalue weighted by Crippen LogP contribution is -2.16. The predicted octanol–water partition coefficient (Wildman–Crippen LogP) is 2.80. The lowest BCUT2D eigenvalue weighted by atomic mass is 10.0. The highest BCUT2D eigenvalue weighted by Gasteiger charge is 2.09. The molecule has 0 aliphatic rings. The Hall–Kier alpha value is -1.06. The summed E-state index contributed by atoms with van der Waals surface area (Å²) in [5.74, 6) is 1.46. The van der Waals surface area contributed by atoms with Crippen molar-refractivity contribution in [2.75, 3.05) is 13.2 Å². The second kappa shape index (κ2) is 7.39. The molecule has 0 saturated carbocycles. The van der Waals surface area contributed by atoms with Gasteiger partial charge in [-0.2, -0.15) is 0 Å². The molecular formula is C15H25NO2. The number of aliphatic hydroxyl groups is 1. The molecule has 1 unspecified atom stereocenters. The fourth-order valence-electron chi connectivity index (χ4n) is 2.07. The topological polar surface area (TPSA) is 55.5 Å². The molecule has 0 amide bonds. The Bertz CT molecular complexity index is 366. The van der Waals surface area contributed by atoms with Gasteiger partial charge in [-0.25, -0.2) is 0 Å². The summed E-state index contributed by atoms with van der Waals surface area (Å²) in [6, 6.07) is 5.55. The van der Waals surface area contributed by atoms with Crippen molar-refractivity contribution < 1.29 is 9.84 Å². The van der Waals surface area contributed by atoms with E-state index in [1.54, 1.807) is 0 Å². The molecule has 0 aromatic heterocycles. The third-order valence-corrected chi connectivity index (χ3v) is 3.15. The van der Waals surface area contributed by atoms with E-state index in [2.05, 4.69) is 13.8 Å². The first-order valence-corrected chi connectivity index (χ1v) is 6.68. The molecule has 0 spiro atoms. The molecule has 3 heteroatoms. The van der Waals surface area contributed by atoms with Crippen molar-refractivity contribution in [1.82, 2.24) is 0 Å². The minimum atomic E-state index is -0.307. The highest BCUT2D eigenvalue weighted by molar-refractivity contribution is 5.36. The number of hydrogen-bond donors (Lipinski definition) is 2. The van der Waals surface area contributed by atoms with Gasteiger partial charge in [0.25, 0.3) is 0 Å². The van der Waals surface area contributed by atoms with Crippen LogP contribution in [0.5, 0.6) is 5.75 Å². The van der Waals surface area contributed by atoms with E-state index < -0.39 is 0 Å². The number of ether oxygens (including phenoxy) is 1. The van der Waals surface area contributed by atoms with Crippen LogP contribution in [0.1, 0.15) is 43.9 Å². The molecule has 1 aromatic rings. The van der Waals surface area contributed by atoms with Crippen molar-refractivity contribution in [2.45, 2.75) is 39.7 Å². The number of aliphatic hydroxyl groups excluding tert-OH is 1. The molecule has 3 N–H and O–H groups in total. The van der Waals surface area contributed by atoms with E-state index >= 15 is 0 Å². The molecule has 0 saturated heterocycles. The van der Waals surface area contributed by atoms with Crippen LogP contribution in [0.15, 0.2) is 18.2 Å². The molecule has 1 aromatic carbocycles. The lowest BCUT2D eigenvalue weighted by Gasteiger charge is -2.15. The molecule has 0 heterocycles. The number of benzene rings is 1. The zero-order chi connectivity index (χ0) is 13.5. The summed E-state index contributed by atoms with van der Waals surface area (Å²) in [6.45, 7) is 7.10. The molecule has 102 valence electrons. The molecule has 18 heavy (non-hydrogen) atoms. The molecule has 0 aliphatic heterocycles. The van der Waals surface area contributed by atoms with Crippen molar-refractivity contribution in [3.05, 3.63) is 29.3 Å². The normalized spacial score (nSPS) is 14.3. The maximum Gasteiger partial charge on any atom is 0.119 e. The maximum absolute atomic E-state index is 9.06. The van der Waals surface area contributed by atoms with E-state index in [4.69, 9.17) is 15.6 Å². The van der Waals surface area contributed by atoms with Crippen LogP contribution < -0.4 is 10.5 Å². The van der Waals surface area contributed by atoms with E-state index in [0.29, 0.717) is 5.92 Å². The zero-order valence-corrected chi connectivity index (χ0v) is 11.6. The van der Waals surface area contributed by atoms with Gasteiger partial charge in [-0.3, -0.25) is 0 Å². The van der Waals surface area contributed by atoms with E-state index in [1.165, 1.54) is 12.8 Å². The SMILES string of the molecule is CCCC(C)COc1ccc([C@@H](N)CO)c(C)c1. The van der Waals surface area contributed by atoms with Crippen LogP contribution in [-0.4, -0.2) is 18.3 Å². The zero-order valence-electron chi connectivity index (χ0n) is 11.6. The molecule has 0 bridgehead atoms. The Balaban J connectivity index is 2.61. The van der Waals surface area contributed by atoms with Gasteiger partial charge in [-0.05, 0) is 42.5 Å². The molecule has 0 aliphatic carbocycles. The van der Waals surface area contributed by atoms with Crippen LogP contribution in [0.25, 0.3) is 0 Å². The van der Waals surface area contributed by atoms with E-state index in [-0.39, 0.29) is 12.6 Å². The highest BCUT2D eigenvalue weighted by Crippen LogP contribution is 2.22. The summed E-state index contributed by atoms with van der Waals surface area (Å²) < 4.78 is 5.77. The van der Waals surface area contributed by atoms with Crippen molar-refractivity contribution in [2.24, 2.45) is 11.7 Å². The highest BCUT2D eigenvalue weighted by atomic mass is 16.5.